The van der Waals surface area contributed by atoms with Crippen LogP contribution in [0.15, 0.2) is 36.4 Å². The molecule has 1 N–H and O–H groups in total. The van der Waals surface area contributed by atoms with Gasteiger partial charge < -0.3 is 15.0 Å². The molecule has 1 amide bonds. The number of nitrogens with zero attached hydrogens (tertiary/aromatic N) is 1. The molecule has 1 heterocycles. The average Bonchev–Trinajstić information content (AvgIpc) is 2.68. The van der Waals surface area contributed by atoms with Gasteiger partial charge in [0.1, 0.15) is 5.75 Å². The molecule has 1 aromatic rings. The zero-order chi connectivity index (χ0) is 18.2. The van der Waals surface area contributed by atoms with E-state index in [0.29, 0.717) is 12.3 Å². The molecule has 4 nitrogen and oxygen atoms in total. The lowest BCUT2D eigenvalue weighted by Gasteiger charge is -2.34. The van der Waals surface area contributed by atoms with Crippen LogP contribution < -0.4 is 10.1 Å². The van der Waals surface area contributed by atoms with Crippen molar-refractivity contribution in [3.05, 3.63) is 36.4 Å². The summed E-state index contributed by atoms with van der Waals surface area (Å²) in [5, 5.41) is 2.98. The van der Waals surface area contributed by atoms with Crippen LogP contribution in [-0.4, -0.2) is 37.6 Å². The van der Waals surface area contributed by atoms with Crippen LogP contribution >= 0.6 is 0 Å². The van der Waals surface area contributed by atoms with Gasteiger partial charge in [-0.05, 0) is 75.6 Å². The molecule has 1 aliphatic carbocycles. The molecule has 1 aromatic carbocycles. The highest BCUT2D eigenvalue weighted by Gasteiger charge is 2.22. The van der Waals surface area contributed by atoms with Crippen molar-refractivity contribution in [1.29, 1.82) is 0 Å². The monoisotopic (exact) mass is 356 g/mol. The Kier molecular flexibility index (Phi) is 7.13. The second-order valence-electron chi connectivity index (χ2n) is 7.71. The first kappa shape index (κ1) is 19.0. The lowest BCUT2D eigenvalue weighted by atomic mass is 9.89. The van der Waals surface area contributed by atoms with Crippen molar-refractivity contribution < 1.29 is 9.53 Å². The third-order valence-corrected chi connectivity index (χ3v) is 5.73. The van der Waals surface area contributed by atoms with Crippen molar-refractivity contribution >= 4 is 11.6 Å². The summed E-state index contributed by atoms with van der Waals surface area (Å²) in [7, 11) is 1.64. The second kappa shape index (κ2) is 9.77. The predicted octanol–water partition coefficient (Wildman–Crippen LogP) is 4.48. The Labute approximate surface area is 157 Å². The number of allylic oxidation sites excluding steroid dienone is 2. The molecule has 2 aliphatic rings. The molecular weight excluding hydrogens is 324 g/mol. The molecule has 1 aliphatic heterocycles. The van der Waals surface area contributed by atoms with E-state index in [0.717, 1.165) is 23.8 Å². The number of nitrogens with one attached hydrogen (secondary N) is 1. The molecule has 1 saturated heterocycles. The van der Waals surface area contributed by atoms with Crippen LogP contribution in [0.5, 0.6) is 5.75 Å². The van der Waals surface area contributed by atoms with E-state index >= 15 is 0 Å². The number of rotatable bonds is 7. The lowest BCUT2D eigenvalue weighted by molar-refractivity contribution is -0.116. The van der Waals surface area contributed by atoms with Gasteiger partial charge in [0.15, 0.2) is 0 Å². The maximum absolute atomic E-state index is 12.2. The Hall–Kier alpha value is -1.81. The molecule has 1 fully saturated rings. The van der Waals surface area contributed by atoms with Crippen LogP contribution in [0.1, 0.15) is 44.9 Å². The fraction of sp³-hybridized carbons (Fsp3) is 0.591. The summed E-state index contributed by atoms with van der Waals surface area (Å²) in [5.41, 5.74) is 0.811. The van der Waals surface area contributed by atoms with E-state index in [1.54, 1.807) is 7.11 Å². The van der Waals surface area contributed by atoms with Gasteiger partial charge in [-0.2, -0.15) is 0 Å². The SMILES string of the molecule is COc1cccc(NC(=O)CCC2CCN(CC3CC=CCC3)CC2)c1. The van der Waals surface area contributed by atoms with Crippen molar-refractivity contribution in [2.45, 2.75) is 44.9 Å². The summed E-state index contributed by atoms with van der Waals surface area (Å²) < 4.78 is 5.20. The summed E-state index contributed by atoms with van der Waals surface area (Å²) in [6.07, 6.45) is 12.6. The molecule has 3 rings (SSSR count). The minimum Gasteiger partial charge on any atom is -0.497 e. The topological polar surface area (TPSA) is 41.6 Å². The predicted molar refractivity (Wildman–Crippen MR) is 107 cm³/mol. The van der Waals surface area contributed by atoms with Gasteiger partial charge in [-0.1, -0.05) is 18.2 Å². The van der Waals surface area contributed by atoms with Gasteiger partial charge in [0.2, 0.25) is 5.91 Å². The summed E-state index contributed by atoms with van der Waals surface area (Å²) in [4.78, 5) is 14.8. The third-order valence-electron chi connectivity index (χ3n) is 5.73. The first-order chi connectivity index (χ1) is 12.7. The van der Waals surface area contributed by atoms with E-state index in [1.165, 1.54) is 51.7 Å². The van der Waals surface area contributed by atoms with E-state index in [2.05, 4.69) is 22.4 Å². The summed E-state index contributed by atoms with van der Waals surface area (Å²) >= 11 is 0. The Morgan fingerprint density at radius 1 is 1.19 bits per heavy atom. The molecular formula is C22H32N2O2. The molecule has 0 spiro atoms. The number of methoxy groups -OCH3 is 1. The van der Waals surface area contributed by atoms with Crippen molar-refractivity contribution in [3.63, 3.8) is 0 Å². The Morgan fingerprint density at radius 3 is 2.77 bits per heavy atom. The van der Waals surface area contributed by atoms with Gasteiger partial charge in [0.05, 0.1) is 7.11 Å². The number of amides is 1. The summed E-state index contributed by atoms with van der Waals surface area (Å²) in [5.74, 6) is 2.41. The number of hydrogen-bond acceptors (Lipinski definition) is 3. The smallest absolute Gasteiger partial charge is 0.224 e. The molecule has 1 atom stereocenters. The molecule has 0 bridgehead atoms. The Balaban J connectivity index is 1.34. The average molecular weight is 357 g/mol. The van der Waals surface area contributed by atoms with Gasteiger partial charge in [-0.25, -0.2) is 0 Å². The largest absolute Gasteiger partial charge is 0.497 e. The van der Waals surface area contributed by atoms with Crippen LogP contribution in [-0.2, 0) is 4.79 Å². The Bertz CT molecular complexity index is 606. The van der Waals surface area contributed by atoms with Crippen molar-refractivity contribution in [3.8, 4) is 5.75 Å². The first-order valence-electron chi connectivity index (χ1n) is 10.0. The van der Waals surface area contributed by atoms with Gasteiger partial charge >= 0.3 is 0 Å². The second-order valence-corrected chi connectivity index (χ2v) is 7.71. The van der Waals surface area contributed by atoms with Gasteiger partial charge in [-0.15, -0.1) is 0 Å². The molecule has 1 unspecified atom stereocenters. The molecule has 0 radical (unpaired) electrons. The number of anilines is 1. The fourth-order valence-corrected chi connectivity index (χ4v) is 4.10. The van der Waals surface area contributed by atoms with Crippen LogP contribution in [0.3, 0.4) is 0 Å². The van der Waals surface area contributed by atoms with Crippen LogP contribution in [0.25, 0.3) is 0 Å². The lowest BCUT2D eigenvalue weighted by Crippen LogP contribution is -2.37. The number of ether oxygens (including phenoxy) is 1. The first-order valence-corrected chi connectivity index (χ1v) is 10.0. The van der Waals surface area contributed by atoms with E-state index in [4.69, 9.17) is 4.74 Å². The highest BCUT2D eigenvalue weighted by Crippen LogP contribution is 2.25. The fourth-order valence-electron chi connectivity index (χ4n) is 4.10. The van der Waals surface area contributed by atoms with Gasteiger partial charge in [0, 0.05) is 24.7 Å². The normalized spacial score (nSPS) is 21.5. The van der Waals surface area contributed by atoms with Crippen LogP contribution in [0, 0.1) is 11.8 Å². The highest BCUT2D eigenvalue weighted by molar-refractivity contribution is 5.90. The van der Waals surface area contributed by atoms with E-state index in [9.17, 15) is 4.79 Å². The van der Waals surface area contributed by atoms with Gasteiger partial charge in [-0.3, -0.25) is 4.79 Å². The quantitative estimate of drug-likeness (QED) is 0.732. The van der Waals surface area contributed by atoms with E-state index < -0.39 is 0 Å². The number of benzene rings is 1. The number of carbonyl (C=O) groups excluding carboxylic acids is 1. The maximum atomic E-state index is 12.2. The molecule has 0 aromatic heterocycles. The minimum atomic E-state index is 0.106. The third kappa shape index (κ3) is 5.87. The number of hydrogen-bond donors (Lipinski definition) is 1. The standard InChI is InChI=1S/C22H32N2O2/c1-26-21-9-5-8-20(16-21)23-22(25)11-10-18-12-14-24(15-13-18)17-19-6-3-2-4-7-19/h2-3,5,8-9,16,18-19H,4,6-7,10-15,17H2,1H3,(H,23,25). The number of likely N-dealkylation sites (tertiary alicyclic amines) is 1. The van der Waals surface area contributed by atoms with Crippen LogP contribution in [0.4, 0.5) is 5.69 Å². The van der Waals surface area contributed by atoms with Gasteiger partial charge in [0.25, 0.3) is 0 Å². The molecule has 142 valence electrons. The molecule has 4 heteroatoms. The number of carbonyl (C=O) groups is 1. The zero-order valence-electron chi connectivity index (χ0n) is 16.0. The zero-order valence-corrected chi connectivity index (χ0v) is 16.0. The van der Waals surface area contributed by atoms with Crippen molar-refractivity contribution in [2.24, 2.45) is 11.8 Å². The van der Waals surface area contributed by atoms with Crippen LogP contribution in [0.2, 0.25) is 0 Å². The van der Waals surface area contributed by atoms with Crippen molar-refractivity contribution in [1.82, 2.24) is 4.90 Å². The van der Waals surface area contributed by atoms with Crippen molar-refractivity contribution in [2.75, 3.05) is 32.1 Å². The van der Waals surface area contributed by atoms with E-state index in [-0.39, 0.29) is 5.91 Å². The summed E-state index contributed by atoms with van der Waals surface area (Å²) in [6.45, 7) is 3.65. The minimum absolute atomic E-state index is 0.106. The highest BCUT2D eigenvalue weighted by atomic mass is 16.5. The maximum Gasteiger partial charge on any atom is 0.224 e. The molecule has 0 saturated carbocycles. The Morgan fingerprint density at radius 2 is 2.04 bits per heavy atom. The van der Waals surface area contributed by atoms with E-state index in [1.807, 2.05) is 24.3 Å². The number of piperidine rings is 1. The molecule has 26 heavy (non-hydrogen) atoms. The summed E-state index contributed by atoms with van der Waals surface area (Å²) in [6, 6.07) is 7.54.